The smallest absolute Gasteiger partial charge is 0.313 e. The molecule has 0 aliphatic heterocycles. The lowest BCUT2D eigenvalue weighted by atomic mass is 10.4. The summed E-state index contributed by atoms with van der Waals surface area (Å²) in [5.74, 6) is -1.20. The van der Waals surface area contributed by atoms with Crippen molar-refractivity contribution in [3.63, 3.8) is 0 Å². The number of carboxylic acid groups (broad SMARTS) is 1. The maximum atomic E-state index is 11.7. The van der Waals surface area contributed by atoms with Crippen LogP contribution in [-0.2, 0) is 22.7 Å². The predicted octanol–water partition coefficient (Wildman–Crippen LogP) is 0.484. The summed E-state index contributed by atoms with van der Waals surface area (Å²) in [4.78, 5) is 26.9. The number of aliphatic carboxylic acids is 1. The Morgan fingerprint density at radius 2 is 2.14 bits per heavy atom. The molecule has 0 fully saturated rings. The summed E-state index contributed by atoms with van der Waals surface area (Å²) in [6.07, 6.45) is 0. The molecule has 0 radical (unpaired) electrons. The molecule has 2 aromatic rings. The van der Waals surface area contributed by atoms with Crippen molar-refractivity contribution in [3.05, 3.63) is 5.69 Å². The third kappa shape index (κ3) is 3.02. The first-order valence-corrected chi connectivity index (χ1v) is 7.45. The SMILES string of the molecule is CCn1nc(C)c2nc(SCC(=O)O)n(CC(=O)NC)c21. The Balaban J connectivity index is 2.52. The quantitative estimate of drug-likeness (QED) is 0.753. The first kappa shape index (κ1) is 15.4. The molecular weight excluding hydrogens is 294 g/mol. The summed E-state index contributed by atoms with van der Waals surface area (Å²) in [6.45, 7) is 4.53. The highest BCUT2D eigenvalue weighted by Gasteiger charge is 2.20. The van der Waals surface area contributed by atoms with Gasteiger partial charge in [-0.1, -0.05) is 11.8 Å². The molecule has 8 nitrogen and oxygen atoms in total. The van der Waals surface area contributed by atoms with Crippen LogP contribution in [0.5, 0.6) is 0 Å². The Morgan fingerprint density at radius 1 is 1.43 bits per heavy atom. The zero-order chi connectivity index (χ0) is 15.6. The number of likely N-dealkylation sites (N-methyl/N-ethyl adjacent to an activating group) is 1. The molecule has 2 heterocycles. The van der Waals surface area contributed by atoms with Gasteiger partial charge in [-0.3, -0.25) is 14.2 Å². The van der Waals surface area contributed by atoms with Crippen molar-refractivity contribution in [2.24, 2.45) is 0 Å². The number of imidazole rings is 1. The molecule has 2 aromatic heterocycles. The van der Waals surface area contributed by atoms with Crippen molar-refractivity contribution >= 4 is 34.8 Å². The van der Waals surface area contributed by atoms with E-state index in [2.05, 4.69) is 15.4 Å². The average Bonchev–Trinajstić information content (AvgIpc) is 2.95. The minimum Gasteiger partial charge on any atom is -0.481 e. The summed E-state index contributed by atoms with van der Waals surface area (Å²) in [5, 5.41) is 16.3. The van der Waals surface area contributed by atoms with E-state index >= 15 is 0 Å². The molecule has 0 spiro atoms. The standard InChI is InChI=1S/C12H17N5O3S/c1-4-17-11-10(7(2)15-17)14-12(21-6-9(19)20)16(11)5-8(18)13-3/h4-6H2,1-3H3,(H,13,18)(H,19,20). The third-order valence-corrected chi connectivity index (χ3v) is 3.93. The van der Waals surface area contributed by atoms with E-state index < -0.39 is 5.97 Å². The number of carboxylic acids is 1. The van der Waals surface area contributed by atoms with Gasteiger partial charge in [-0.25, -0.2) is 9.67 Å². The van der Waals surface area contributed by atoms with Gasteiger partial charge < -0.3 is 10.4 Å². The van der Waals surface area contributed by atoms with E-state index in [1.165, 1.54) is 0 Å². The molecule has 0 unspecified atom stereocenters. The Labute approximate surface area is 125 Å². The van der Waals surface area contributed by atoms with Gasteiger partial charge in [0.15, 0.2) is 10.8 Å². The largest absolute Gasteiger partial charge is 0.481 e. The number of carbonyl (C=O) groups is 2. The van der Waals surface area contributed by atoms with Crippen LogP contribution in [0.4, 0.5) is 0 Å². The molecule has 1 amide bonds. The predicted molar refractivity (Wildman–Crippen MR) is 78.4 cm³/mol. The second-order valence-corrected chi connectivity index (χ2v) is 5.35. The maximum Gasteiger partial charge on any atom is 0.313 e. The van der Waals surface area contributed by atoms with Gasteiger partial charge >= 0.3 is 5.97 Å². The van der Waals surface area contributed by atoms with Gasteiger partial charge in [-0.15, -0.1) is 0 Å². The number of rotatable bonds is 6. The number of aryl methyl sites for hydroxylation is 2. The second-order valence-electron chi connectivity index (χ2n) is 4.41. The van der Waals surface area contributed by atoms with E-state index in [1.54, 1.807) is 16.3 Å². The van der Waals surface area contributed by atoms with Crippen LogP contribution in [0, 0.1) is 6.92 Å². The average molecular weight is 311 g/mol. The molecule has 0 saturated heterocycles. The fourth-order valence-electron chi connectivity index (χ4n) is 2.03. The summed E-state index contributed by atoms with van der Waals surface area (Å²) in [6, 6.07) is 0. The zero-order valence-electron chi connectivity index (χ0n) is 12.1. The molecule has 0 aromatic carbocycles. The van der Waals surface area contributed by atoms with Crippen LogP contribution in [0.3, 0.4) is 0 Å². The number of thioether (sulfide) groups is 1. The first-order valence-electron chi connectivity index (χ1n) is 6.46. The van der Waals surface area contributed by atoms with E-state index in [0.29, 0.717) is 17.2 Å². The van der Waals surface area contributed by atoms with Gasteiger partial charge in [0.2, 0.25) is 5.91 Å². The van der Waals surface area contributed by atoms with Crippen LogP contribution in [-0.4, -0.2) is 49.1 Å². The number of nitrogens with one attached hydrogen (secondary N) is 1. The first-order chi connectivity index (χ1) is 9.97. The molecule has 0 bridgehead atoms. The molecule has 9 heteroatoms. The van der Waals surface area contributed by atoms with Gasteiger partial charge in [0.25, 0.3) is 0 Å². The number of aromatic nitrogens is 4. The molecular formula is C12H17N5O3S. The highest BCUT2D eigenvalue weighted by molar-refractivity contribution is 7.99. The van der Waals surface area contributed by atoms with E-state index in [1.807, 2.05) is 13.8 Å². The van der Waals surface area contributed by atoms with Crippen molar-refractivity contribution in [3.8, 4) is 0 Å². The van der Waals surface area contributed by atoms with Gasteiger partial charge in [0.05, 0.1) is 11.4 Å². The fourth-order valence-corrected chi connectivity index (χ4v) is 2.74. The van der Waals surface area contributed by atoms with Gasteiger partial charge in [0.1, 0.15) is 12.1 Å². The molecule has 114 valence electrons. The van der Waals surface area contributed by atoms with Gasteiger partial charge in [0, 0.05) is 13.6 Å². The number of carbonyl (C=O) groups excluding carboxylic acids is 1. The topological polar surface area (TPSA) is 102 Å². The summed E-state index contributed by atoms with van der Waals surface area (Å²) in [7, 11) is 1.56. The van der Waals surface area contributed by atoms with Crippen LogP contribution in [0.25, 0.3) is 11.2 Å². The number of fused-ring (bicyclic) bond motifs is 1. The second kappa shape index (κ2) is 6.17. The molecule has 0 atom stereocenters. The molecule has 0 aliphatic carbocycles. The Bertz CT molecular complexity index is 691. The highest BCUT2D eigenvalue weighted by Crippen LogP contribution is 2.26. The highest BCUT2D eigenvalue weighted by atomic mass is 32.2. The van der Waals surface area contributed by atoms with Crippen LogP contribution >= 0.6 is 11.8 Å². The Morgan fingerprint density at radius 3 is 2.71 bits per heavy atom. The minimum absolute atomic E-state index is 0.0834. The van der Waals surface area contributed by atoms with Crippen molar-refractivity contribution in [2.75, 3.05) is 12.8 Å². The Kier molecular flexibility index (Phi) is 4.51. The van der Waals surface area contributed by atoms with Crippen molar-refractivity contribution in [1.29, 1.82) is 0 Å². The zero-order valence-corrected chi connectivity index (χ0v) is 12.9. The van der Waals surface area contributed by atoms with Gasteiger partial charge in [-0.05, 0) is 13.8 Å². The van der Waals surface area contributed by atoms with Crippen LogP contribution in [0.1, 0.15) is 12.6 Å². The lowest BCUT2D eigenvalue weighted by Crippen LogP contribution is -2.24. The van der Waals surface area contributed by atoms with E-state index in [-0.39, 0.29) is 18.2 Å². The third-order valence-electron chi connectivity index (χ3n) is 2.97. The van der Waals surface area contributed by atoms with Crippen LogP contribution in [0.2, 0.25) is 0 Å². The Hall–Kier alpha value is -2.03. The molecule has 0 saturated carbocycles. The van der Waals surface area contributed by atoms with Gasteiger partial charge in [-0.2, -0.15) is 5.10 Å². The number of hydrogen-bond acceptors (Lipinski definition) is 5. The van der Waals surface area contributed by atoms with E-state index in [4.69, 9.17) is 5.11 Å². The minimum atomic E-state index is -0.924. The summed E-state index contributed by atoms with van der Waals surface area (Å²) in [5.41, 5.74) is 2.21. The van der Waals surface area contributed by atoms with Crippen molar-refractivity contribution in [1.82, 2.24) is 24.6 Å². The summed E-state index contributed by atoms with van der Waals surface area (Å²) < 4.78 is 3.48. The molecule has 0 aliphatic rings. The summed E-state index contributed by atoms with van der Waals surface area (Å²) >= 11 is 1.10. The lowest BCUT2D eigenvalue weighted by molar-refractivity contribution is -0.133. The lowest BCUT2D eigenvalue weighted by Gasteiger charge is -2.08. The monoisotopic (exact) mass is 311 g/mol. The molecule has 2 N–H and O–H groups in total. The fraction of sp³-hybridized carbons (Fsp3) is 0.500. The van der Waals surface area contributed by atoms with E-state index in [0.717, 1.165) is 23.1 Å². The van der Waals surface area contributed by atoms with Crippen molar-refractivity contribution in [2.45, 2.75) is 32.1 Å². The molecule has 21 heavy (non-hydrogen) atoms. The number of amides is 1. The maximum absolute atomic E-state index is 11.7. The van der Waals surface area contributed by atoms with E-state index in [9.17, 15) is 9.59 Å². The van der Waals surface area contributed by atoms with Crippen LogP contribution < -0.4 is 5.32 Å². The van der Waals surface area contributed by atoms with Crippen molar-refractivity contribution < 1.29 is 14.7 Å². The molecule has 2 rings (SSSR count). The number of nitrogens with zero attached hydrogens (tertiary/aromatic N) is 4. The normalized spacial score (nSPS) is 11.0. The number of hydrogen-bond donors (Lipinski definition) is 2. The van der Waals surface area contributed by atoms with Crippen LogP contribution in [0.15, 0.2) is 5.16 Å².